The van der Waals surface area contributed by atoms with Crippen molar-refractivity contribution in [1.82, 2.24) is 4.98 Å². The first kappa shape index (κ1) is 12.1. The number of rotatable bonds is 3. The van der Waals surface area contributed by atoms with Crippen LogP contribution in [0.4, 0.5) is 0 Å². The fourth-order valence-electron chi connectivity index (χ4n) is 2.59. The Hall–Kier alpha value is -2.00. The minimum Gasteiger partial charge on any atom is -0.469 e. The lowest BCUT2D eigenvalue weighted by Crippen LogP contribution is -2.12. The summed E-state index contributed by atoms with van der Waals surface area (Å²) in [4.78, 5) is 3.41. The zero-order valence-corrected chi connectivity index (χ0v) is 11.2. The summed E-state index contributed by atoms with van der Waals surface area (Å²) < 4.78 is 5.33. The maximum atomic E-state index is 6.29. The number of nitrogens with one attached hydrogen (secondary N) is 1. The third-order valence-electron chi connectivity index (χ3n) is 3.63. The number of fused-ring (bicyclic) bond motifs is 1. The van der Waals surface area contributed by atoms with Gasteiger partial charge in [0.1, 0.15) is 5.76 Å². The van der Waals surface area contributed by atoms with Gasteiger partial charge in [-0.25, -0.2) is 0 Å². The number of aromatic amines is 1. The summed E-state index contributed by atoms with van der Waals surface area (Å²) in [6.07, 6.45) is 2.57. The van der Waals surface area contributed by atoms with Crippen LogP contribution in [-0.2, 0) is 6.42 Å². The van der Waals surface area contributed by atoms with Crippen molar-refractivity contribution < 1.29 is 4.42 Å². The van der Waals surface area contributed by atoms with Crippen LogP contribution in [0.25, 0.3) is 10.9 Å². The van der Waals surface area contributed by atoms with E-state index >= 15 is 0 Å². The normalized spacial score (nSPS) is 13.0. The Bertz CT molecular complexity index is 708. The number of benzene rings is 1. The minimum absolute atomic E-state index is 0.0321. The summed E-state index contributed by atoms with van der Waals surface area (Å²) >= 11 is 0. The van der Waals surface area contributed by atoms with Gasteiger partial charge in [-0.3, -0.25) is 0 Å². The van der Waals surface area contributed by atoms with Crippen molar-refractivity contribution in [2.75, 3.05) is 0 Å². The summed E-state index contributed by atoms with van der Waals surface area (Å²) in [6.45, 7) is 4.04. The number of aromatic nitrogens is 1. The van der Waals surface area contributed by atoms with Gasteiger partial charge in [-0.1, -0.05) is 18.2 Å². The quantitative estimate of drug-likeness (QED) is 0.750. The summed E-state index contributed by atoms with van der Waals surface area (Å²) in [5.41, 5.74) is 11.0. The second-order valence-electron chi connectivity index (χ2n) is 5.08. The molecule has 0 fully saturated rings. The van der Waals surface area contributed by atoms with Gasteiger partial charge in [0, 0.05) is 28.2 Å². The van der Waals surface area contributed by atoms with E-state index in [-0.39, 0.29) is 6.04 Å². The van der Waals surface area contributed by atoms with E-state index in [4.69, 9.17) is 10.2 Å². The Morgan fingerprint density at radius 3 is 2.79 bits per heavy atom. The lowest BCUT2D eigenvalue weighted by Gasteiger charge is -2.09. The molecule has 0 aliphatic heterocycles. The van der Waals surface area contributed by atoms with Crippen LogP contribution in [0.2, 0.25) is 0 Å². The second kappa shape index (κ2) is 4.59. The highest BCUT2D eigenvalue weighted by molar-refractivity contribution is 5.84. The first-order valence-electron chi connectivity index (χ1n) is 6.52. The summed E-state index contributed by atoms with van der Waals surface area (Å²) in [7, 11) is 0. The van der Waals surface area contributed by atoms with Gasteiger partial charge >= 0.3 is 0 Å². The van der Waals surface area contributed by atoms with Crippen molar-refractivity contribution in [3.8, 4) is 0 Å². The molecule has 3 nitrogen and oxygen atoms in total. The third kappa shape index (κ3) is 2.17. The zero-order valence-electron chi connectivity index (χ0n) is 11.2. The van der Waals surface area contributed by atoms with E-state index in [2.05, 4.69) is 30.1 Å². The van der Waals surface area contributed by atoms with Crippen LogP contribution in [0.3, 0.4) is 0 Å². The first-order valence-corrected chi connectivity index (χ1v) is 6.52. The maximum absolute atomic E-state index is 6.29. The van der Waals surface area contributed by atoms with E-state index in [0.717, 1.165) is 17.7 Å². The molecular formula is C16H18N2O. The van der Waals surface area contributed by atoms with E-state index in [1.165, 1.54) is 22.2 Å². The van der Waals surface area contributed by atoms with E-state index in [0.29, 0.717) is 0 Å². The molecule has 3 aromatic rings. The molecule has 0 amide bonds. The smallest absolute Gasteiger partial charge is 0.101 e. The van der Waals surface area contributed by atoms with Gasteiger partial charge in [0.15, 0.2) is 0 Å². The monoisotopic (exact) mass is 254 g/mol. The van der Waals surface area contributed by atoms with Crippen LogP contribution in [0.1, 0.15) is 28.6 Å². The Morgan fingerprint density at radius 1 is 1.26 bits per heavy atom. The maximum Gasteiger partial charge on any atom is 0.101 e. The number of aryl methyl sites for hydroxylation is 2. The third-order valence-corrected chi connectivity index (χ3v) is 3.63. The molecule has 0 spiro atoms. The van der Waals surface area contributed by atoms with Gasteiger partial charge < -0.3 is 15.1 Å². The summed E-state index contributed by atoms with van der Waals surface area (Å²) in [5.74, 6) is 0.904. The Labute approximate surface area is 112 Å². The van der Waals surface area contributed by atoms with Crippen LogP contribution in [0.15, 0.2) is 41.0 Å². The molecule has 19 heavy (non-hydrogen) atoms. The lowest BCUT2D eigenvalue weighted by molar-refractivity contribution is 0.528. The topological polar surface area (TPSA) is 55.0 Å². The van der Waals surface area contributed by atoms with E-state index in [1.807, 2.05) is 19.1 Å². The predicted octanol–water partition coefficient (Wildman–Crippen LogP) is 3.62. The summed E-state index contributed by atoms with van der Waals surface area (Å²) in [5, 5.41) is 1.26. The minimum atomic E-state index is -0.0321. The Balaban J connectivity index is 1.95. The van der Waals surface area contributed by atoms with Gasteiger partial charge in [-0.05, 0) is 38.0 Å². The van der Waals surface area contributed by atoms with Gasteiger partial charge in [0.05, 0.1) is 6.26 Å². The van der Waals surface area contributed by atoms with E-state index < -0.39 is 0 Å². The van der Waals surface area contributed by atoms with Crippen molar-refractivity contribution in [2.24, 2.45) is 5.73 Å². The van der Waals surface area contributed by atoms with Crippen LogP contribution in [0.5, 0.6) is 0 Å². The molecule has 3 heteroatoms. The molecule has 0 aliphatic rings. The van der Waals surface area contributed by atoms with Crippen molar-refractivity contribution in [3.05, 3.63) is 59.2 Å². The first-order chi connectivity index (χ1) is 9.15. The van der Waals surface area contributed by atoms with Crippen LogP contribution in [0, 0.1) is 13.8 Å². The Morgan fingerprint density at radius 2 is 2.05 bits per heavy atom. The molecule has 2 aromatic heterocycles. The molecular weight excluding hydrogens is 236 g/mol. The molecule has 2 heterocycles. The zero-order chi connectivity index (χ0) is 13.4. The van der Waals surface area contributed by atoms with Crippen LogP contribution >= 0.6 is 0 Å². The van der Waals surface area contributed by atoms with Crippen molar-refractivity contribution in [2.45, 2.75) is 26.3 Å². The van der Waals surface area contributed by atoms with E-state index in [1.54, 1.807) is 6.26 Å². The highest BCUT2D eigenvalue weighted by Crippen LogP contribution is 2.26. The highest BCUT2D eigenvalue weighted by Gasteiger charge is 2.14. The Kier molecular flexibility index (Phi) is 2.91. The SMILES string of the molecule is Cc1cc(C(N)Cc2c(C)[nH]c3ccccc23)co1. The predicted molar refractivity (Wildman–Crippen MR) is 77.1 cm³/mol. The van der Waals surface area contributed by atoms with Gasteiger partial charge in [0.2, 0.25) is 0 Å². The van der Waals surface area contributed by atoms with Crippen molar-refractivity contribution in [1.29, 1.82) is 0 Å². The van der Waals surface area contributed by atoms with Gasteiger partial charge in [-0.15, -0.1) is 0 Å². The standard InChI is InChI=1S/C16H18N2O/c1-10-7-12(9-19-10)15(17)8-14-11(2)18-16-6-4-3-5-13(14)16/h3-7,9,15,18H,8,17H2,1-2H3. The molecule has 1 atom stereocenters. The number of hydrogen-bond donors (Lipinski definition) is 2. The van der Waals surface area contributed by atoms with Crippen molar-refractivity contribution in [3.63, 3.8) is 0 Å². The number of furan rings is 1. The number of H-pyrrole nitrogens is 1. The number of para-hydroxylation sites is 1. The fraction of sp³-hybridized carbons (Fsp3) is 0.250. The van der Waals surface area contributed by atoms with Gasteiger partial charge in [0.25, 0.3) is 0 Å². The molecule has 3 N–H and O–H groups in total. The number of hydrogen-bond acceptors (Lipinski definition) is 2. The lowest BCUT2D eigenvalue weighted by atomic mass is 9.99. The molecule has 1 aromatic carbocycles. The molecule has 0 radical (unpaired) electrons. The van der Waals surface area contributed by atoms with Crippen LogP contribution in [-0.4, -0.2) is 4.98 Å². The average molecular weight is 254 g/mol. The molecule has 0 saturated carbocycles. The van der Waals surface area contributed by atoms with Gasteiger partial charge in [-0.2, -0.15) is 0 Å². The number of nitrogens with two attached hydrogens (primary N) is 1. The highest BCUT2D eigenvalue weighted by atomic mass is 16.3. The van der Waals surface area contributed by atoms with Crippen LogP contribution < -0.4 is 5.73 Å². The largest absolute Gasteiger partial charge is 0.469 e. The second-order valence-corrected chi connectivity index (χ2v) is 5.08. The molecule has 1 unspecified atom stereocenters. The van der Waals surface area contributed by atoms with Crippen molar-refractivity contribution >= 4 is 10.9 Å². The summed E-state index contributed by atoms with van der Waals surface area (Å²) in [6, 6.07) is 10.3. The molecule has 0 bridgehead atoms. The fourth-order valence-corrected chi connectivity index (χ4v) is 2.59. The molecule has 0 saturated heterocycles. The molecule has 3 rings (SSSR count). The molecule has 0 aliphatic carbocycles. The average Bonchev–Trinajstić information content (AvgIpc) is 2.95. The molecule has 98 valence electrons. The van der Waals surface area contributed by atoms with E-state index in [9.17, 15) is 0 Å².